The number of piperidine rings is 1. The highest BCUT2D eigenvalue weighted by molar-refractivity contribution is 5.97. The Morgan fingerprint density at radius 2 is 1.95 bits per heavy atom. The van der Waals surface area contributed by atoms with Crippen LogP contribution in [0.2, 0.25) is 0 Å². The number of likely N-dealkylation sites (tertiary alicyclic amines) is 1. The van der Waals surface area contributed by atoms with E-state index in [-0.39, 0.29) is 43.5 Å². The van der Waals surface area contributed by atoms with Crippen LogP contribution in [0, 0.1) is 5.92 Å². The number of carbonyl (C=O) groups excluding carboxylic acids is 3. The molecule has 4 bridgehead atoms. The molecule has 2 fully saturated rings. The first-order valence-electron chi connectivity index (χ1n) is 15.5. The van der Waals surface area contributed by atoms with Crippen molar-refractivity contribution in [2.45, 2.75) is 70.1 Å². The number of amides is 3. The molecule has 0 radical (unpaired) electrons. The van der Waals surface area contributed by atoms with E-state index in [1.807, 2.05) is 29.2 Å². The molecule has 10 nitrogen and oxygen atoms in total. The molecule has 2 aromatic rings. The standard InChI is InChI=1S/C33H43N3O7/c1-41-29-12-11-25-19-30(29)43-26-9-4-8-24(18-26)22-42-28-14-16-35(32(39)13-10-23-6-2-3-7-23)20-27(28)34-31(38)21-36(33(25)40)15-5-17-37/h4,8-9,11-12,18-19,23,27-28,37H,2-3,5-7,10,13-17,20-22H2,1H3,(H,34,38)/t27-,28-/m0/s1. The minimum atomic E-state index is -0.425. The van der Waals surface area contributed by atoms with E-state index in [1.54, 1.807) is 18.2 Å². The largest absolute Gasteiger partial charge is 0.493 e. The number of rotatable bonds is 7. The van der Waals surface area contributed by atoms with Crippen molar-refractivity contribution in [3.8, 4) is 17.2 Å². The lowest BCUT2D eigenvalue weighted by Crippen LogP contribution is -2.58. The zero-order chi connectivity index (χ0) is 30.2. The summed E-state index contributed by atoms with van der Waals surface area (Å²) < 4.78 is 18.0. The van der Waals surface area contributed by atoms with Crippen LogP contribution in [-0.2, 0) is 20.9 Å². The maximum Gasteiger partial charge on any atom is 0.254 e. The molecule has 3 aliphatic rings. The average Bonchev–Trinajstić information content (AvgIpc) is 3.54. The van der Waals surface area contributed by atoms with Crippen molar-refractivity contribution < 1.29 is 33.7 Å². The van der Waals surface area contributed by atoms with E-state index in [2.05, 4.69) is 5.32 Å². The summed E-state index contributed by atoms with van der Waals surface area (Å²) in [5.74, 6) is 1.45. The number of hydrogen-bond acceptors (Lipinski definition) is 7. The molecule has 1 saturated carbocycles. The van der Waals surface area contributed by atoms with E-state index >= 15 is 0 Å². The predicted octanol–water partition coefficient (Wildman–Crippen LogP) is 3.90. The molecule has 0 unspecified atom stereocenters. The van der Waals surface area contributed by atoms with Crippen molar-refractivity contribution in [2.24, 2.45) is 5.92 Å². The summed E-state index contributed by atoms with van der Waals surface area (Å²) >= 11 is 0. The fourth-order valence-corrected chi connectivity index (χ4v) is 6.32. The molecule has 2 aromatic carbocycles. The third-order valence-corrected chi connectivity index (χ3v) is 8.70. The Balaban J connectivity index is 1.38. The molecule has 2 N–H and O–H groups in total. The highest BCUT2D eigenvalue weighted by Crippen LogP contribution is 2.34. The Morgan fingerprint density at radius 1 is 1.12 bits per heavy atom. The summed E-state index contributed by atoms with van der Waals surface area (Å²) in [5.41, 5.74) is 1.23. The van der Waals surface area contributed by atoms with Gasteiger partial charge in [0.05, 0.1) is 32.4 Å². The molecule has 3 amide bonds. The summed E-state index contributed by atoms with van der Waals surface area (Å²) in [5, 5.41) is 12.6. The van der Waals surface area contributed by atoms with Gasteiger partial charge in [-0.15, -0.1) is 0 Å². The van der Waals surface area contributed by atoms with Gasteiger partial charge in [-0.25, -0.2) is 0 Å². The van der Waals surface area contributed by atoms with Gasteiger partial charge in [0, 0.05) is 38.2 Å². The lowest BCUT2D eigenvalue weighted by atomic mass is 9.98. The number of aliphatic hydroxyl groups excluding tert-OH is 1. The van der Waals surface area contributed by atoms with Gasteiger partial charge in [0.2, 0.25) is 11.8 Å². The molecule has 2 heterocycles. The fraction of sp³-hybridized carbons (Fsp3) is 0.545. The van der Waals surface area contributed by atoms with E-state index in [9.17, 15) is 19.5 Å². The van der Waals surface area contributed by atoms with Crippen LogP contribution in [0.4, 0.5) is 0 Å². The molecule has 1 saturated heterocycles. The molecule has 0 aromatic heterocycles. The summed E-state index contributed by atoms with van der Waals surface area (Å²) in [6.07, 6.45) is 6.96. The van der Waals surface area contributed by atoms with E-state index in [0.717, 1.165) is 12.0 Å². The summed E-state index contributed by atoms with van der Waals surface area (Å²) in [6, 6.07) is 12.0. The van der Waals surface area contributed by atoms with E-state index in [1.165, 1.54) is 37.7 Å². The zero-order valence-electron chi connectivity index (χ0n) is 25.0. The third kappa shape index (κ3) is 8.06. The molecule has 232 valence electrons. The monoisotopic (exact) mass is 593 g/mol. The zero-order valence-corrected chi connectivity index (χ0v) is 25.0. The van der Waals surface area contributed by atoms with Crippen molar-refractivity contribution >= 4 is 17.7 Å². The number of fused-ring (bicyclic) bond motifs is 5. The van der Waals surface area contributed by atoms with Gasteiger partial charge in [-0.1, -0.05) is 37.8 Å². The topological polar surface area (TPSA) is 118 Å². The maximum absolute atomic E-state index is 13.6. The summed E-state index contributed by atoms with van der Waals surface area (Å²) in [6.45, 7) is 1.12. The number of methoxy groups -OCH3 is 1. The molecule has 43 heavy (non-hydrogen) atoms. The van der Waals surface area contributed by atoms with Crippen LogP contribution in [0.25, 0.3) is 0 Å². The van der Waals surface area contributed by atoms with Crippen LogP contribution in [0.1, 0.15) is 67.3 Å². The minimum absolute atomic E-state index is 0.116. The Morgan fingerprint density at radius 3 is 2.74 bits per heavy atom. The molecule has 2 aliphatic heterocycles. The highest BCUT2D eigenvalue weighted by Gasteiger charge is 2.34. The van der Waals surface area contributed by atoms with Gasteiger partial charge in [0.15, 0.2) is 11.5 Å². The Bertz CT molecular complexity index is 1280. The van der Waals surface area contributed by atoms with Crippen molar-refractivity contribution in [3.63, 3.8) is 0 Å². The first-order chi connectivity index (χ1) is 20.9. The van der Waals surface area contributed by atoms with Crippen LogP contribution >= 0.6 is 0 Å². The molecular weight excluding hydrogens is 550 g/mol. The smallest absolute Gasteiger partial charge is 0.254 e. The lowest BCUT2D eigenvalue weighted by Gasteiger charge is -2.39. The average molecular weight is 594 g/mol. The summed E-state index contributed by atoms with van der Waals surface area (Å²) in [7, 11) is 1.53. The van der Waals surface area contributed by atoms with Crippen LogP contribution in [-0.4, -0.2) is 84.7 Å². The van der Waals surface area contributed by atoms with Gasteiger partial charge >= 0.3 is 0 Å². The molecule has 10 heteroatoms. The van der Waals surface area contributed by atoms with E-state index in [4.69, 9.17) is 14.2 Å². The quantitative estimate of drug-likeness (QED) is 0.500. The molecule has 0 spiro atoms. The van der Waals surface area contributed by atoms with Gasteiger partial charge in [-0.3, -0.25) is 14.4 Å². The molecule has 2 atom stereocenters. The predicted molar refractivity (Wildman–Crippen MR) is 160 cm³/mol. The van der Waals surface area contributed by atoms with Crippen molar-refractivity contribution in [1.82, 2.24) is 15.1 Å². The lowest BCUT2D eigenvalue weighted by molar-refractivity contribution is -0.137. The van der Waals surface area contributed by atoms with E-state index < -0.39 is 6.04 Å². The Labute approximate surface area is 253 Å². The van der Waals surface area contributed by atoms with Gasteiger partial charge < -0.3 is 34.4 Å². The minimum Gasteiger partial charge on any atom is -0.493 e. The highest BCUT2D eigenvalue weighted by atomic mass is 16.5. The maximum atomic E-state index is 13.6. The third-order valence-electron chi connectivity index (χ3n) is 8.70. The second kappa shape index (κ2) is 14.7. The number of ether oxygens (including phenoxy) is 3. The van der Waals surface area contributed by atoms with Gasteiger partial charge in [0.1, 0.15) is 5.75 Å². The number of nitrogens with one attached hydrogen (secondary N) is 1. The molecule has 1 aliphatic carbocycles. The normalized spacial score (nSPS) is 21.6. The van der Waals surface area contributed by atoms with Crippen molar-refractivity contribution in [2.75, 3.05) is 39.9 Å². The Hall–Kier alpha value is -3.63. The van der Waals surface area contributed by atoms with Crippen molar-refractivity contribution in [3.05, 3.63) is 53.6 Å². The fourth-order valence-electron chi connectivity index (χ4n) is 6.32. The number of carbonyl (C=O) groups is 3. The van der Waals surface area contributed by atoms with Gasteiger partial charge in [-0.05, 0) is 61.1 Å². The van der Waals surface area contributed by atoms with Crippen LogP contribution < -0.4 is 14.8 Å². The van der Waals surface area contributed by atoms with Crippen molar-refractivity contribution in [1.29, 1.82) is 0 Å². The first kappa shape index (κ1) is 30.8. The molecular formula is C33H43N3O7. The van der Waals surface area contributed by atoms with E-state index in [0.29, 0.717) is 67.7 Å². The number of hydrogen-bond donors (Lipinski definition) is 2. The van der Waals surface area contributed by atoms with Gasteiger partial charge in [0.25, 0.3) is 5.91 Å². The number of aliphatic hydroxyl groups is 1. The second-order valence-corrected chi connectivity index (χ2v) is 11.8. The SMILES string of the molecule is COc1ccc2cc1Oc1cccc(c1)CO[C@H]1CCN(C(=O)CCC3CCCC3)C[C@@H]1NC(=O)CN(CCCO)C2=O. The van der Waals surface area contributed by atoms with Crippen LogP contribution in [0.3, 0.4) is 0 Å². The van der Waals surface area contributed by atoms with Gasteiger partial charge in [-0.2, -0.15) is 0 Å². The first-order valence-corrected chi connectivity index (χ1v) is 15.5. The van der Waals surface area contributed by atoms with Crippen LogP contribution in [0.5, 0.6) is 17.2 Å². The second-order valence-electron chi connectivity index (χ2n) is 11.8. The number of benzene rings is 2. The summed E-state index contributed by atoms with van der Waals surface area (Å²) in [4.78, 5) is 43.5. The van der Waals surface area contributed by atoms with Crippen LogP contribution in [0.15, 0.2) is 42.5 Å². The molecule has 5 rings (SSSR count). The number of nitrogens with zero attached hydrogens (tertiary/aromatic N) is 2. The Kier molecular flexibility index (Phi) is 10.5.